The van der Waals surface area contributed by atoms with Crippen molar-refractivity contribution in [2.45, 2.75) is 6.92 Å². The molecule has 0 aromatic heterocycles. The van der Waals surface area contributed by atoms with Crippen molar-refractivity contribution >= 4 is 45.7 Å². The number of carbonyl (C=O) groups is 2. The number of nitrogens with zero attached hydrogens (tertiary/aromatic N) is 2. The Bertz CT molecular complexity index is 786. The monoisotopic (exact) mass is 318 g/mol. The van der Waals surface area contributed by atoms with E-state index in [-0.39, 0.29) is 27.2 Å². The van der Waals surface area contributed by atoms with Gasteiger partial charge >= 0.3 is 0 Å². The summed E-state index contributed by atoms with van der Waals surface area (Å²) < 4.78 is 0. The maximum absolute atomic E-state index is 12.5. The number of rotatable bonds is 2. The van der Waals surface area contributed by atoms with Crippen molar-refractivity contribution in [1.82, 2.24) is 5.32 Å². The third kappa shape index (κ3) is 1.98. The molecule has 0 atom stereocenters. The number of thioether (sulfide) groups is 1. The van der Waals surface area contributed by atoms with E-state index in [0.29, 0.717) is 17.8 Å². The van der Waals surface area contributed by atoms with Crippen LogP contribution in [0, 0.1) is 15.5 Å². The highest BCUT2D eigenvalue weighted by molar-refractivity contribution is 8.18. The van der Waals surface area contributed by atoms with Gasteiger partial charge in [0.15, 0.2) is 5.17 Å². The molecule has 0 unspecified atom stereocenters. The van der Waals surface area contributed by atoms with Crippen LogP contribution in [0.25, 0.3) is 5.57 Å². The number of likely N-dealkylation sites (N-methyl/N-ethyl adjacent to an activating group) is 1. The second-order valence-electron chi connectivity index (χ2n) is 4.60. The minimum Gasteiger partial charge on any atom is -0.308 e. The van der Waals surface area contributed by atoms with Gasteiger partial charge in [-0.3, -0.25) is 25.1 Å². The molecule has 8 nitrogen and oxygen atoms in total. The molecular formula is C13H10N4O4S. The summed E-state index contributed by atoms with van der Waals surface area (Å²) >= 11 is 0.850. The fraction of sp³-hybridized carbons (Fsp3) is 0.154. The molecule has 2 amide bonds. The van der Waals surface area contributed by atoms with E-state index in [1.807, 2.05) is 0 Å². The lowest BCUT2D eigenvalue weighted by molar-refractivity contribution is -0.384. The van der Waals surface area contributed by atoms with Gasteiger partial charge in [0, 0.05) is 24.2 Å². The molecule has 1 fully saturated rings. The Hall–Kier alpha value is -2.68. The molecule has 2 aliphatic heterocycles. The van der Waals surface area contributed by atoms with Crippen LogP contribution < -0.4 is 10.2 Å². The fourth-order valence-electron chi connectivity index (χ4n) is 2.46. The van der Waals surface area contributed by atoms with Crippen LogP contribution in [0.4, 0.5) is 11.4 Å². The number of nitro groups is 1. The first-order valence-corrected chi connectivity index (χ1v) is 7.18. The zero-order valence-electron chi connectivity index (χ0n) is 11.4. The van der Waals surface area contributed by atoms with Crippen molar-refractivity contribution in [1.29, 1.82) is 5.41 Å². The number of hydrogen-bond donors (Lipinski definition) is 2. The van der Waals surface area contributed by atoms with E-state index >= 15 is 0 Å². The van der Waals surface area contributed by atoms with E-state index in [1.165, 1.54) is 23.1 Å². The number of nitrogens with one attached hydrogen (secondary N) is 2. The smallest absolute Gasteiger partial charge is 0.270 e. The molecule has 0 aliphatic carbocycles. The van der Waals surface area contributed by atoms with Crippen LogP contribution in [-0.4, -0.2) is 28.5 Å². The largest absolute Gasteiger partial charge is 0.308 e. The number of hydrogen-bond acceptors (Lipinski definition) is 6. The summed E-state index contributed by atoms with van der Waals surface area (Å²) in [4.78, 5) is 36.4. The van der Waals surface area contributed by atoms with E-state index in [2.05, 4.69) is 5.32 Å². The van der Waals surface area contributed by atoms with Gasteiger partial charge in [0.1, 0.15) is 0 Å². The molecule has 0 bridgehead atoms. The highest BCUT2D eigenvalue weighted by Gasteiger charge is 2.39. The number of non-ortho nitro benzene ring substituents is 1. The summed E-state index contributed by atoms with van der Waals surface area (Å²) in [5, 5.41) is 20.7. The van der Waals surface area contributed by atoms with Gasteiger partial charge in [-0.1, -0.05) is 0 Å². The van der Waals surface area contributed by atoms with Crippen LogP contribution in [0.15, 0.2) is 23.1 Å². The number of amidine groups is 1. The SMILES string of the molecule is CCN1C(=O)C(=C2SC(=N)NC2=O)c2cc([N+](=O)[O-])ccc21. The number of nitro benzene ring substituents is 1. The first-order valence-electron chi connectivity index (χ1n) is 6.36. The second-order valence-corrected chi connectivity index (χ2v) is 5.62. The molecule has 0 saturated carbocycles. The Labute approximate surface area is 128 Å². The van der Waals surface area contributed by atoms with E-state index in [1.54, 1.807) is 6.92 Å². The van der Waals surface area contributed by atoms with Gasteiger partial charge < -0.3 is 10.2 Å². The van der Waals surface area contributed by atoms with Crippen molar-refractivity contribution in [2.24, 2.45) is 0 Å². The Morgan fingerprint density at radius 3 is 2.68 bits per heavy atom. The van der Waals surface area contributed by atoms with E-state index in [4.69, 9.17) is 5.41 Å². The van der Waals surface area contributed by atoms with Crippen molar-refractivity contribution in [3.63, 3.8) is 0 Å². The van der Waals surface area contributed by atoms with Crippen molar-refractivity contribution in [3.05, 3.63) is 38.8 Å². The number of fused-ring (bicyclic) bond motifs is 1. The molecule has 22 heavy (non-hydrogen) atoms. The maximum Gasteiger partial charge on any atom is 0.270 e. The average Bonchev–Trinajstić information content (AvgIpc) is 2.93. The molecule has 112 valence electrons. The van der Waals surface area contributed by atoms with Gasteiger partial charge in [-0.25, -0.2) is 0 Å². The van der Waals surface area contributed by atoms with Crippen molar-refractivity contribution in [3.8, 4) is 0 Å². The van der Waals surface area contributed by atoms with Gasteiger partial charge in [-0.15, -0.1) is 0 Å². The Morgan fingerprint density at radius 1 is 1.41 bits per heavy atom. The van der Waals surface area contributed by atoms with Gasteiger partial charge in [0.2, 0.25) is 0 Å². The standard InChI is InChI=1S/C13H10N4O4S/c1-2-16-8-4-3-6(17(20)21)5-7(8)9(12(16)19)10-11(18)15-13(14)22-10/h3-5H,2H2,1H3,(H2,14,15,18). The predicted octanol–water partition coefficient (Wildman–Crippen LogP) is 1.47. The summed E-state index contributed by atoms with van der Waals surface area (Å²) in [5.74, 6) is -0.917. The zero-order valence-corrected chi connectivity index (χ0v) is 12.2. The molecule has 2 aliphatic rings. The minimum atomic E-state index is -0.550. The summed E-state index contributed by atoms with van der Waals surface area (Å²) in [6, 6.07) is 4.12. The quantitative estimate of drug-likeness (QED) is 0.486. The lowest BCUT2D eigenvalue weighted by Crippen LogP contribution is -2.26. The summed E-state index contributed by atoms with van der Waals surface area (Å²) in [6.07, 6.45) is 0. The lowest BCUT2D eigenvalue weighted by Gasteiger charge is -2.13. The Morgan fingerprint density at radius 2 is 2.14 bits per heavy atom. The van der Waals surface area contributed by atoms with Crippen LogP contribution in [0.1, 0.15) is 12.5 Å². The third-order valence-electron chi connectivity index (χ3n) is 3.39. The molecular weight excluding hydrogens is 308 g/mol. The van der Waals surface area contributed by atoms with E-state index in [9.17, 15) is 19.7 Å². The third-order valence-corrected chi connectivity index (χ3v) is 4.29. The molecule has 0 spiro atoms. The predicted molar refractivity (Wildman–Crippen MR) is 81.5 cm³/mol. The number of amides is 2. The average molecular weight is 318 g/mol. The molecule has 0 radical (unpaired) electrons. The second kappa shape index (κ2) is 4.95. The van der Waals surface area contributed by atoms with E-state index in [0.717, 1.165) is 11.8 Å². The first-order chi connectivity index (χ1) is 10.4. The zero-order chi connectivity index (χ0) is 16.0. The number of carbonyl (C=O) groups excluding carboxylic acids is 2. The van der Waals surface area contributed by atoms with Crippen molar-refractivity contribution < 1.29 is 14.5 Å². The molecule has 1 saturated heterocycles. The number of anilines is 1. The minimum absolute atomic E-state index is 0.0674. The fourth-order valence-corrected chi connectivity index (χ4v) is 3.26. The van der Waals surface area contributed by atoms with Gasteiger partial charge in [-0.2, -0.15) is 0 Å². The Balaban J connectivity index is 2.26. The van der Waals surface area contributed by atoms with Gasteiger partial charge in [0.05, 0.1) is 21.1 Å². The molecule has 1 aromatic carbocycles. The van der Waals surface area contributed by atoms with Crippen LogP contribution in [0.2, 0.25) is 0 Å². The lowest BCUT2D eigenvalue weighted by atomic mass is 10.1. The Kier molecular flexibility index (Phi) is 3.21. The molecule has 2 heterocycles. The highest BCUT2D eigenvalue weighted by atomic mass is 32.2. The number of benzene rings is 1. The van der Waals surface area contributed by atoms with Crippen LogP contribution >= 0.6 is 11.8 Å². The molecule has 2 N–H and O–H groups in total. The highest BCUT2D eigenvalue weighted by Crippen LogP contribution is 2.43. The van der Waals surface area contributed by atoms with E-state index < -0.39 is 10.8 Å². The molecule has 1 aromatic rings. The summed E-state index contributed by atoms with van der Waals surface area (Å²) in [6.45, 7) is 2.16. The van der Waals surface area contributed by atoms with Crippen LogP contribution in [0.5, 0.6) is 0 Å². The first kappa shape index (κ1) is 14.3. The maximum atomic E-state index is 12.5. The summed E-state index contributed by atoms with van der Waals surface area (Å²) in [5.41, 5.74) is 0.854. The summed E-state index contributed by atoms with van der Waals surface area (Å²) in [7, 11) is 0. The van der Waals surface area contributed by atoms with Crippen LogP contribution in [-0.2, 0) is 9.59 Å². The topological polar surface area (TPSA) is 116 Å². The normalized spacial score (nSPS) is 20.4. The van der Waals surface area contributed by atoms with Crippen molar-refractivity contribution in [2.75, 3.05) is 11.4 Å². The molecule has 3 rings (SSSR count). The van der Waals surface area contributed by atoms with Crippen LogP contribution in [0.3, 0.4) is 0 Å². The van der Waals surface area contributed by atoms with Gasteiger partial charge in [-0.05, 0) is 24.8 Å². The molecule has 9 heteroatoms. The van der Waals surface area contributed by atoms with Gasteiger partial charge in [0.25, 0.3) is 17.5 Å².